The van der Waals surface area contributed by atoms with Crippen LogP contribution >= 0.6 is 0 Å². The van der Waals surface area contributed by atoms with Crippen molar-refractivity contribution >= 4 is 5.97 Å². The molecule has 0 aromatic heterocycles. The monoisotopic (exact) mass is 293 g/mol. The van der Waals surface area contributed by atoms with Crippen molar-refractivity contribution in [3.05, 3.63) is 24.3 Å². The Bertz CT molecular complexity index is 474. The lowest BCUT2D eigenvalue weighted by molar-refractivity contribution is -0.148. The standard InChI is InChI=1S/C16H23NO4/c1-4-17-16(15(18)20-3)10-9-14(11-16)21-13-7-5-12(19-2)6-8-13/h5-8,14,17H,4,9-11H2,1-3H3. The van der Waals surface area contributed by atoms with E-state index in [1.54, 1.807) is 7.11 Å². The number of hydrogen-bond acceptors (Lipinski definition) is 5. The maximum atomic E-state index is 12.1. The van der Waals surface area contributed by atoms with Crippen molar-refractivity contribution in [1.82, 2.24) is 5.32 Å². The predicted octanol–water partition coefficient (Wildman–Crippen LogP) is 2.15. The van der Waals surface area contributed by atoms with Crippen LogP contribution in [0.5, 0.6) is 11.5 Å². The van der Waals surface area contributed by atoms with E-state index in [4.69, 9.17) is 14.2 Å². The summed E-state index contributed by atoms with van der Waals surface area (Å²) in [7, 11) is 3.06. The van der Waals surface area contributed by atoms with Crippen LogP contribution in [-0.4, -0.2) is 38.4 Å². The predicted molar refractivity (Wildman–Crippen MR) is 79.7 cm³/mol. The molecular formula is C16H23NO4. The molecule has 5 heteroatoms. The highest BCUT2D eigenvalue weighted by Gasteiger charge is 2.46. The summed E-state index contributed by atoms with van der Waals surface area (Å²) < 4.78 is 16.0. The number of esters is 1. The fourth-order valence-corrected chi connectivity index (χ4v) is 2.90. The normalized spacial score (nSPS) is 24.6. The Morgan fingerprint density at radius 2 is 1.95 bits per heavy atom. The summed E-state index contributed by atoms with van der Waals surface area (Å²) in [6.45, 7) is 2.71. The molecule has 1 aliphatic carbocycles. The molecule has 0 saturated heterocycles. The maximum absolute atomic E-state index is 12.1. The van der Waals surface area contributed by atoms with Crippen molar-refractivity contribution < 1.29 is 19.0 Å². The molecule has 21 heavy (non-hydrogen) atoms. The number of ether oxygens (including phenoxy) is 3. The van der Waals surface area contributed by atoms with Gasteiger partial charge in [-0.05, 0) is 43.7 Å². The van der Waals surface area contributed by atoms with E-state index in [1.807, 2.05) is 31.2 Å². The molecule has 1 aromatic carbocycles. The molecule has 0 heterocycles. The molecule has 1 fully saturated rings. The van der Waals surface area contributed by atoms with Crippen LogP contribution in [0.1, 0.15) is 26.2 Å². The van der Waals surface area contributed by atoms with Crippen LogP contribution in [0.25, 0.3) is 0 Å². The Morgan fingerprint density at radius 3 is 2.52 bits per heavy atom. The smallest absolute Gasteiger partial charge is 0.326 e. The summed E-state index contributed by atoms with van der Waals surface area (Å²) in [5, 5.41) is 3.27. The van der Waals surface area contributed by atoms with Crippen molar-refractivity contribution in [2.75, 3.05) is 20.8 Å². The maximum Gasteiger partial charge on any atom is 0.326 e. The third-order valence-electron chi connectivity index (χ3n) is 3.92. The van der Waals surface area contributed by atoms with Crippen LogP contribution in [-0.2, 0) is 9.53 Å². The number of methoxy groups -OCH3 is 2. The quantitative estimate of drug-likeness (QED) is 0.814. The van der Waals surface area contributed by atoms with Gasteiger partial charge in [0.15, 0.2) is 0 Å². The Balaban J connectivity index is 2.01. The van der Waals surface area contributed by atoms with Gasteiger partial charge in [-0.25, -0.2) is 0 Å². The molecule has 2 unspecified atom stereocenters. The van der Waals surface area contributed by atoms with Gasteiger partial charge in [0.05, 0.1) is 14.2 Å². The minimum absolute atomic E-state index is 0.0107. The molecular weight excluding hydrogens is 270 g/mol. The van der Waals surface area contributed by atoms with Gasteiger partial charge in [0, 0.05) is 6.42 Å². The third kappa shape index (κ3) is 3.47. The minimum atomic E-state index is -0.610. The molecule has 1 saturated carbocycles. The lowest BCUT2D eigenvalue weighted by Crippen LogP contribution is -2.51. The Labute approximate surface area is 125 Å². The van der Waals surface area contributed by atoms with E-state index in [-0.39, 0.29) is 12.1 Å². The van der Waals surface area contributed by atoms with Gasteiger partial charge in [0.25, 0.3) is 0 Å². The molecule has 1 aromatic rings. The molecule has 5 nitrogen and oxygen atoms in total. The van der Waals surface area contributed by atoms with Crippen molar-refractivity contribution in [3.8, 4) is 11.5 Å². The number of nitrogens with one attached hydrogen (secondary N) is 1. The van der Waals surface area contributed by atoms with Crippen molar-refractivity contribution in [2.24, 2.45) is 0 Å². The summed E-state index contributed by atoms with van der Waals surface area (Å²) in [5.74, 6) is 1.38. The number of rotatable bonds is 6. The number of hydrogen-bond donors (Lipinski definition) is 1. The molecule has 0 amide bonds. The summed E-state index contributed by atoms with van der Waals surface area (Å²) in [6.07, 6.45) is 2.19. The highest BCUT2D eigenvalue weighted by atomic mass is 16.5. The molecule has 0 spiro atoms. The van der Waals surface area contributed by atoms with E-state index in [2.05, 4.69) is 5.32 Å². The lowest BCUT2D eigenvalue weighted by Gasteiger charge is -2.27. The number of benzene rings is 1. The second-order valence-corrected chi connectivity index (χ2v) is 5.26. The van der Waals surface area contributed by atoms with Gasteiger partial charge in [-0.3, -0.25) is 4.79 Å². The van der Waals surface area contributed by atoms with E-state index in [0.29, 0.717) is 6.42 Å². The van der Waals surface area contributed by atoms with E-state index >= 15 is 0 Å². The van der Waals surface area contributed by atoms with Crippen LogP contribution in [0.4, 0.5) is 0 Å². The first-order chi connectivity index (χ1) is 10.1. The molecule has 1 aliphatic rings. The first-order valence-corrected chi connectivity index (χ1v) is 7.27. The van der Waals surface area contributed by atoms with Gasteiger partial charge >= 0.3 is 5.97 Å². The Kier molecular flexibility index (Phi) is 5.07. The minimum Gasteiger partial charge on any atom is -0.497 e. The summed E-state index contributed by atoms with van der Waals surface area (Å²) >= 11 is 0. The lowest BCUT2D eigenvalue weighted by atomic mass is 9.97. The van der Waals surface area contributed by atoms with Crippen LogP contribution in [0.2, 0.25) is 0 Å². The number of carbonyl (C=O) groups excluding carboxylic acids is 1. The van der Waals surface area contributed by atoms with E-state index in [1.165, 1.54) is 7.11 Å². The average molecular weight is 293 g/mol. The molecule has 0 aliphatic heterocycles. The van der Waals surface area contributed by atoms with Crippen molar-refractivity contribution in [2.45, 2.75) is 37.8 Å². The topological polar surface area (TPSA) is 56.8 Å². The fraction of sp³-hybridized carbons (Fsp3) is 0.562. The number of likely N-dealkylation sites (N-methyl/N-ethyl adjacent to an activating group) is 1. The first-order valence-electron chi connectivity index (χ1n) is 7.27. The number of carbonyl (C=O) groups is 1. The molecule has 2 rings (SSSR count). The van der Waals surface area contributed by atoms with Gasteiger partial charge in [-0.1, -0.05) is 6.92 Å². The van der Waals surface area contributed by atoms with E-state index in [0.717, 1.165) is 30.9 Å². The first kappa shape index (κ1) is 15.6. The highest BCUT2D eigenvalue weighted by Crippen LogP contribution is 2.34. The zero-order valence-electron chi connectivity index (χ0n) is 12.8. The van der Waals surface area contributed by atoms with Gasteiger partial charge in [-0.2, -0.15) is 0 Å². The van der Waals surface area contributed by atoms with Crippen LogP contribution in [0.15, 0.2) is 24.3 Å². The molecule has 2 atom stereocenters. The fourth-order valence-electron chi connectivity index (χ4n) is 2.90. The largest absolute Gasteiger partial charge is 0.497 e. The molecule has 0 radical (unpaired) electrons. The highest BCUT2D eigenvalue weighted by molar-refractivity contribution is 5.81. The van der Waals surface area contributed by atoms with Gasteiger partial charge in [0.2, 0.25) is 0 Å². The third-order valence-corrected chi connectivity index (χ3v) is 3.92. The van der Waals surface area contributed by atoms with Crippen LogP contribution < -0.4 is 14.8 Å². The van der Waals surface area contributed by atoms with E-state index in [9.17, 15) is 4.79 Å². The second-order valence-electron chi connectivity index (χ2n) is 5.26. The van der Waals surface area contributed by atoms with Gasteiger partial charge in [-0.15, -0.1) is 0 Å². The Morgan fingerprint density at radius 1 is 1.29 bits per heavy atom. The second kappa shape index (κ2) is 6.80. The molecule has 1 N–H and O–H groups in total. The van der Waals surface area contributed by atoms with Crippen LogP contribution in [0.3, 0.4) is 0 Å². The summed E-state index contributed by atoms with van der Waals surface area (Å²) in [5.41, 5.74) is -0.610. The van der Waals surface area contributed by atoms with Gasteiger partial charge in [0.1, 0.15) is 23.1 Å². The van der Waals surface area contributed by atoms with Crippen LogP contribution in [0, 0.1) is 0 Å². The summed E-state index contributed by atoms with van der Waals surface area (Å²) in [6, 6.07) is 7.48. The van der Waals surface area contributed by atoms with E-state index < -0.39 is 5.54 Å². The summed E-state index contributed by atoms with van der Waals surface area (Å²) in [4.78, 5) is 12.1. The van der Waals surface area contributed by atoms with Crippen molar-refractivity contribution in [3.63, 3.8) is 0 Å². The zero-order chi connectivity index (χ0) is 15.3. The van der Waals surface area contributed by atoms with Crippen molar-refractivity contribution in [1.29, 1.82) is 0 Å². The molecule has 116 valence electrons. The Hall–Kier alpha value is -1.75. The van der Waals surface area contributed by atoms with Gasteiger partial charge < -0.3 is 19.5 Å². The SMILES string of the molecule is CCNC1(C(=O)OC)CCC(Oc2ccc(OC)cc2)C1. The average Bonchev–Trinajstić information content (AvgIpc) is 2.91. The molecule has 0 bridgehead atoms. The zero-order valence-corrected chi connectivity index (χ0v) is 12.8.